The average Bonchev–Trinajstić information content (AvgIpc) is 2.47. The second-order valence-corrected chi connectivity index (χ2v) is 5.64. The molecule has 0 unspecified atom stereocenters. The van der Waals surface area contributed by atoms with Gasteiger partial charge in [-0.15, -0.1) is 0 Å². The van der Waals surface area contributed by atoms with Crippen molar-refractivity contribution in [2.45, 2.75) is 31.7 Å². The SMILES string of the molecule is CNc1nc([C@H]2CCCNC2)nc2c1CN(C)CC2. The van der Waals surface area contributed by atoms with Crippen LogP contribution in [0.5, 0.6) is 0 Å². The summed E-state index contributed by atoms with van der Waals surface area (Å²) in [4.78, 5) is 12.0. The van der Waals surface area contributed by atoms with E-state index in [2.05, 4.69) is 22.6 Å². The zero-order valence-electron chi connectivity index (χ0n) is 11.9. The number of piperidine rings is 1. The van der Waals surface area contributed by atoms with Crippen LogP contribution in [-0.4, -0.2) is 48.6 Å². The highest BCUT2D eigenvalue weighted by atomic mass is 15.1. The summed E-state index contributed by atoms with van der Waals surface area (Å²) in [6, 6.07) is 0. The van der Waals surface area contributed by atoms with Crippen LogP contribution in [0.2, 0.25) is 0 Å². The lowest BCUT2D eigenvalue weighted by Crippen LogP contribution is -2.32. The van der Waals surface area contributed by atoms with Crippen LogP contribution in [0.1, 0.15) is 35.8 Å². The Morgan fingerprint density at radius 3 is 3.00 bits per heavy atom. The van der Waals surface area contributed by atoms with Crippen molar-refractivity contribution in [1.29, 1.82) is 0 Å². The molecule has 2 N–H and O–H groups in total. The van der Waals surface area contributed by atoms with Crippen LogP contribution in [0, 0.1) is 0 Å². The van der Waals surface area contributed by atoms with E-state index in [9.17, 15) is 0 Å². The first-order valence-corrected chi connectivity index (χ1v) is 7.24. The molecule has 0 aromatic carbocycles. The topological polar surface area (TPSA) is 53.1 Å². The first kappa shape index (κ1) is 12.8. The van der Waals surface area contributed by atoms with Crippen molar-refractivity contribution >= 4 is 5.82 Å². The van der Waals surface area contributed by atoms with Gasteiger partial charge in [-0.25, -0.2) is 9.97 Å². The molecule has 0 radical (unpaired) electrons. The zero-order chi connectivity index (χ0) is 13.2. The molecule has 1 aromatic rings. The summed E-state index contributed by atoms with van der Waals surface area (Å²) in [6.45, 7) is 4.19. The van der Waals surface area contributed by atoms with Gasteiger partial charge in [-0.2, -0.15) is 0 Å². The summed E-state index contributed by atoms with van der Waals surface area (Å²) in [5.74, 6) is 2.53. The Labute approximate surface area is 114 Å². The Morgan fingerprint density at radius 1 is 1.37 bits per heavy atom. The molecule has 0 amide bonds. The number of nitrogens with one attached hydrogen (secondary N) is 2. The third kappa shape index (κ3) is 2.58. The van der Waals surface area contributed by atoms with Crippen LogP contribution < -0.4 is 10.6 Å². The van der Waals surface area contributed by atoms with Gasteiger partial charge in [-0.1, -0.05) is 0 Å². The Bertz CT molecular complexity index is 436. The third-order valence-electron chi connectivity index (χ3n) is 4.17. The molecule has 0 spiro atoms. The van der Waals surface area contributed by atoms with Gasteiger partial charge in [0.05, 0.1) is 5.69 Å². The minimum Gasteiger partial charge on any atom is -0.373 e. The van der Waals surface area contributed by atoms with Gasteiger partial charge < -0.3 is 15.5 Å². The zero-order valence-corrected chi connectivity index (χ0v) is 11.9. The lowest BCUT2D eigenvalue weighted by molar-refractivity contribution is 0.308. The number of hydrogen-bond donors (Lipinski definition) is 2. The van der Waals surface area contributed by atoms with Crippen LogP contribution in [-0.2, 0) is 13.0 Å². The summed E-state index contributed by atoms with van der Waals surface area (Å²) < 4.78 is 0. The van der Waals surface area contributed by atoms with Crippen LogP contribution in [0.25, 0.3) is 0 Å². The van der Waals surface area contributed by atoms with Crippen molar-refractivity contribution in [2.24, 2.45) is 0 Å². The van der Waals surface area contributed by atoms with Crippen LogP contribution in [0.4, 0.5) is 5.82 Å². The van der Waals surface area contributed by atoms with Crippen molar-refractivity contribution in [2.75, 3.05) is 39.0 Å². The average molecular weight is 261 g/mol. The fourth-order valence-electron chi connectivity index (χ4n) is 3.03. The standard InChI is InChI=1S/C14H23N5/c1-15-14-11-9-19(2)7-5-12(11)17-13(18-14)10-4-3-6-16-8-10/h10,16H,3-9H2,1-2H3,(H,15,17,18)/t10-/m0/s1. The van der Waals surface area contributed by atoms with E-state index in [1.54, 1.807) is 0 Å². The van der Waals surface area contributed by atoms with E-state index in [-0.39, 0.29) is 0 Å². The van der Waals surface area contributed by atoms with Crippen molar-refractivity contribution < 1.29 is 0 Å². The minimum absolute atomic E-state index is 0.478. The molecule has 104 valence electrons. The Hall–Kier alpha value is -1.20. The van der Waals surface area contributed by atoms with E-state index in [0.717, 1.165) is 44.2 Å². The highest BCUT2D eigenvalue weighted by Gasteiger charge is 2.24. The van der Waals surface area contributed by atoms with E-state index in [1.165, 1.54) is 24.1 Å². The van der Waals surface area contributed by atoms with Crippen molar-refractivity contribution in [3.8, 4) is 0 Å². The van der Waals surface area contributed by atoms with Gasteiger partial charge in [0.2, 0.25) is 0 Å². The molecular formula is C14H23N5. The number of rotatable bonds is 2. The van der Waals surface area contributed by atoms with Crippen LogP contribution in [0.3, 0.4) is 0 Å². The number of anilines is 1. The summed E-state index contributed by atoms with van der Waals surface area (Å²) >= 11 is 0. The minimum atomic E-state index is 0.478. The molecule has 0 aliphatic carbocycles. The molecule has 5 nitrogen and oxygen atoms in total. The number of aromatic nitrogens is 2. The fourth-order valence-corrected chi connectivity index (χ4v) is 3.03. The van der Waals surface area contributed by atoms with Gasteiger partial charge in [-0.3, -0.25) is 0 Å². The molecule has 1 aromatic heterocycles. The molecule has 3 rings (SSSR count). The number of likely N-dealkylation sites (N-methyl/N-ethyl adjacent to an activating group) is 1. The lowest BCUT2D eigenvalue weighted by Gasteiger charge is -2.28. The highest BCUT2D eigenvalue weighted by molar-refractivity contribution is 5.47. The van der Waals surface area contributed by atoms with E-state index in [4.69, 9.17) is 9.97 Å². The van der Waals surface area contributed by atoms with E-state index in [0.29, 0.717) is 5.92 Å². The first-order valence-electron chi connectivity index (χ1n) is 7.24. The molecule has 1 fully saturated rings. The Kier molecular flexibility index (Phi) is 3.66. The second-order valence-electron chi connectivity index (χ2n) is 5.64. The fraction of sp³-hybridized carbons (Fsp3) is 0.714. The van der Waals surface area contributed by atoms with E-state index >= 15 is 0 Å². The Morgan fingerprint density at radius 2 is 2.26 bits per heavy atom. The van der Waals surface area contributed by atoms with E-state index < -0.39 is 0 Å². The lowest BCUT2D eigenvalue weighted by atomic mass is 9.97. The van der Waals surface area contributed by atoms with Crippen molar-refractivity contribution in [1.82, 2.24) is 20.2 Å². The van der Waals surface area contributed by atoms with Gasteiger partial charge in [0, 0.05) is 44.6 Å². The van der Waals surface area contributed by atoms with Crippen molar-refractivity contribution in [3.05, 3.63) is 17.1 Å². The summed E-state index contributed by atoms with van der Waals surface area (Å²) in [5.41, 5.74) is 2.53. The summed E-state index contributed by atoms with van der Waals surface area (Å²) in [6.07, 6.45) is 3.47. The molecule has 1 saturated heterocycles. The molecule has 19 heavy (non-hydrogen) atoms. The van der Waals surface area contributed by atoms with Gasteiger partial charge in [-0.05, 0) is 26.4 Å². The normalized spacial score (nSPS) is 24.0. The third-order valence-corrected chi connectivity index (χ3v) is 4.17. The van der Waals surface area contributed by atoms with Gasteiger partial charge >= 0.3 is 0 Å². The predicted octanol–water partition coefficient (Wildman–Crippen LogP) is 0.973. The number of hydrogen-bond acceptors (Lipinski definition) is 5. The molecule has 0 saturated carbocycles. The molecule has 2 aliphatic rings. The van der Waals surface area contributed by atoms with E-state index in [1.807, 2.05) is 7.05 Å². The summed E-state index contributed by atoms with van der Waals surface area (Å²) in [5, 5.41) is 6.71. The second kappa shape index (κ2) is 5.43. The first-order chi connectivity index (χ1) is 9.28. The van der Waals surface area contributed by atoms with Crippen LogP contribution >= 0.6 is 0 Å². The molecular weight excluding hydrogens is 238 g/mol. The van der Waals surface area contributed by atoms with Crippen LogP contribution in [0.15, 0.2) is 0 Å². The maximum Gasteiger partial charge on any atom is 0.135 e. The Balaban J connectivity index is 1.94. The number of nitrogens with zero attached hydrogens (tertiary/aromatic N) is 3. The maximum atomic E-state index is 4.86. The molecule has 1 atom stereocenters. The molecule has 3 heterocycles. The number of fused-ring (bicyclic) bond motifs is 1. The highest BCUT2D eigenvalue weighted by Crippen LogP contribution is 2.27. The predicted molar refractivity (Wildman–Crippen MR) is 76.5 cm³/mol. The van der Waals surface area contributed by atoms with Gasteiger partial charge in [0.1, 0.15) is 11.6 Å². The van der Waals surface area contributed by atoms with Gasteiger partial charge in [0.15, 0.2) is 0 Å². The smallest absolute Gasteiger partial charge is 0.135 e. The molecule has 2 aliphatic heterocycles. The monoisotopic (exact) mass is 261 g/mol. The molecule has 0 bridgehead atoms. The molecule has 5 heteroatoms. The summed E-state index contributed by atoms with van der Waals surface area (Å²) in [7, 11) is 4.11. The largest absolute Gasteiger partial charge is 0.373 e. The quantitative estimate of drug-likeness (QED) is 0.831. The maximum absolute atomic E-state index is 4.86. The van der Waals surface area contributed by atoms with Gasteiger partial charge in [0.25, 0.3) is 0 Å². The van der Waals surface area contributed by atoms with Crippen molar-refractivity contribution in [3.63, 3.8) is 0 Å².